The summed E-state index contributed by atoms with van der Waals surface area (Å²) in [5, 5.41) is 0.448. The molecule has 0 fully saturated rings. The molecule has 1 aliphatic carbocycles. The predicted molar refractivity (Wildman–Crippen MR) is 119 cm³/mol. The zero-order chi connectivity index (χ0) is 17.5. The van der Waals surface area contributed by atoms with Gasteiger partial charge in [0.15, 0.2) is 0 Å². The molecule has 1 nitrogen and oxygen atoms in total. The summed E-state index contributed by atoms with van der Waals surface area (Å²) >= 11 is 2.10. The van der Waals surface area contributed by atoms with E-state index in [1.165, 1.54) is 49.1 Å². The first kappa shape index (κ1) is 21.3. The van der Waals surface area contributed by atoms with Crippen LogP contribution in [0.15, 0.2) is 48.5 Å². The maximum atomic E-state index is 2.52. The summed E-state index contributed by atoms with van der Waals surface area (Å²) in [6, 6.07) is 18.3. The number of hydrogen-bond donors (Lipinski definition) is 0. The maximum Gasteiger partial charge on any atom is 0.0547 e. The van der Waals surface area contributed by atoms with Crippen LogP contribution in [0.3, 0.4) is 0 Å². The monoisotopic (exact) mass is 389 g/mol. The third kappa shape index (κ3) is 5.52. The third-order valence-electron chi connectivity index (χ3n) is 5.36. The fourth-order valence-corrected chi connectivity index (χ4v) is 5.06. The molecule has 2 aromatic carbocycles. The quantitative estimate of drug-likeness (QED) is 0.532. The van der Waals surface area contributed by atoms with Crippen molar-refractivity contribution in [2.24, 2.45) is 0 Å². The van der Waals surface area contributed by atoms with Gasteiger partial charge in [0, 0.05) is 12.3 Å². The highest BCUT2D eigenvalue weighted by atomic mass is 35.5. The SMILES string of the molecule is CCN(CC)CCSC(c1ccccc1)c1ccc2c(c1)CCCC2.Cl. The van der Waals surface area contributed by atoms with E-state index in [0.717, 1.165) is 13.1 Å². The molecule has 0 aliphatic heterocycles. The molecule has 3 heteroatoms. The maximum absolute atomic E-state index is 2.52. The Kier molecular flexibility index (Phi) is 9.04. The summed E-state index contributed by atoms with van der Waals surface area (Å²) in [5.41, 5.74) is 6.09. The Balaban J connectivity index is 0.00000243. The van der Waals surface area contributed by atoms with Crippen LogP contribution in [0.1, 0.15) is 54.2 Å². The Morgan fingerprint density at radius 2 is 1.58 bits per heavy atom. The van der Waals surface area contributed by atoms with Gasteiger partial charge in [-0.1, -0.05) is 62.4 Å². The zero-order valence-corrected chi connectivity index (χ0v) is 17.7. The Morgan fingerprint density at radius 1 is 0.885 bits per heavy atom. The van der Waals surface area contributed by atoms with E-state index in [0.29, 0.717) is 5.25 Å². The van der Waals surface area contributed by atoms with Crippen LogP contribution in [0, 0.1) is 0 Å². The van der Waals surface area contributed by atoms with E-state index in [1.807, 2.05) is 0 Å². The fraction of sp³-hybridized carbons (Fsp3) is 0.478. The molecular weight excluding hydrogens is 358 g/mol. The van der Waals surface area contributed by atoms with Crippen LogP contribution in [0.5, 0.6) is 0 Å². The van der Waals surface area contributed by atoms with E-state index in [4.69, 9.17) is 0 Å². The van der Waals surface area contributed by atoms with Crippen molar-refractivity contribution in [2.45, 2.75) is 44.8 Å². The Labute approximate surface area is 170 Å². The van der Waals surface area contributed by atoms with E-state index in [-0.39, 0.29) is 12.4 Å². The van der Waals surface area contributed by atoms with Crippen molar-refractivity contribution in [3.05, 3.63) is 70.8 Å². The lowest BCUT2D eigenvalue weighted by atomic mass is 9.89. The van der Waals surface area contributed by atoms with Crippen LogP contribution in [0.25, 0.3) is 0 Å². The average molecular weight is 390 g/mol. The van der Waals surface area contributed by atoms with Gasteiger partial charge in [0.2, 0.25) is 0 Å². The number of hydrogen-bond acceptors (Lipinski definition) is 2. The first-order valence-electron chi connectivity index (χ1n) is 9.82. The smallest absolute Gasteiger partial charge is 0.0547 e. The molecule has 1 aliphatic rings. The second-order valence-corrected chi connectivity index (χ2v) is 8.14. The number of fused-ring (bicyclic) bond motifs is 1. The first-order chi connectivity index (χ1) is 12.3. The molecule has 0 saturated heterocycles. The van der Waals surface area contributed by atoms with Crippen molar-refractivity contribution >= 4 is 24.2 Å². The molecule has 0 aromatic heterocycles. The van der Waals surface area contributed by atoms with Gasteiger partial charge >= 0.3 is 0 Å². The average Bonchev–Trinajstić information content (AvgIpc) is 2.68. The molecule has 142 valence electrons. The van der Waals surface area contributed by atoms with Crippen LogP contribution in [0.2, 0.25) is 0 Å². The second kappa shape index (κ2) is 11.0. The van der Waals surface area contributed by atoms with Crippen LogP contribution < -0.4 is 0 Å². The Morgan fingerprint density at radius 3 is 2.27 bits per heavy atom. The van der Waals surface area contributed by atoms with Crippen molar-refractivity contribution < 1.29 is 0 Å². The van der Waals surface area contributed by atoms with E-state index < -0.39 is 0 Å². The minimum Gasteiger partial charge on any atom is -0.303 e. The summed E-state index contributed by atoms with van der Waals surface area (Å²) in [5.74, 6) is 1.18. The highest BCUT2D eigenvalue weighted by Crippen LogP contribution is 2.37. The van der Waals surface area contributed by atoms with Crippen molar-refractivity contribution in [3.8, 4) is 0 Å². The summed E-state index contributed by atoms with van der Waals surface area (Å²) in [6.07, 6.45) is 5.23. The van der Waals surface area contributed by atoms with Crippen molar-refractivity contribution in [2.75, 3.05) is 25.4 Å². The van der Waals surface area contributed by atoms with Gasteiger partial charge in [-0.25, -0.2) is 0 Å². The lowest BCUT2D eigenvalue weighted by Crippen LogP contribution is -2.25. The van der Waals surface area contributed by atoms with Crippen molar-refractivity contribution in [1.29, 1.82) is 0 Å². The molecule has 0 spiro atoms. The number of benzene rings is 2. The molecule has 0 bridgehead atoms. The van der Waals surface area contributed by atoms with Crippen molar-refractivity contribution in [3.63, 3.8) is 0 Å². The molecule has 0 amide bonds. The molecule has 1 atom stereocenters. The first-order valence-corrected chi connectivity index (χ1v) is 10.9. The van der Waals surface area contributed by atoms with Gasteiger partial charge < -0.3 is 4.90 Å². The van der Waals surface area contributed by atoms with Gasteiger partial charge in [0.25, 0.3) is 0 Å². The van der Waals surface area contributed by atoms with Gasteiger partial charge in [-0.3, -0.25) is 0 Å². The van der Waals surface area contributed by atoms with Gasteiger partial charge in [0.05, 0.1) is 5.25 Å². The molecule has 2 aromatic rings. The standard InChI is InChI=1S/C23H31NS.ClH/c1-3-24(4-2)16-17-25-23(20-11-6-5-7-12-20)22-15-14-19-10-8-9-13-21(19)18-22;/h5-7,11-12,14-15,18,23H,3-4,8-10,13,16-17H2,1-2H3;1H. The number of halogens is 1. The van der Waals surface area contributed by atoms with E-state index in [2.05, 4.69) is 79.0 Å². The highest BCUT2D eigenvalue weighted by Gasteiger charge is 2.18. The number of rotatable bonds is 8. The molecule has 0 radical (unpaired) electrons. The molecule has 0 heterocycles. The zero-order valence-electron chi connectivity index (χ0n) is 16.1. The van der Waals surface area contributed by atoms with Crippen molar-refractivity contribution in [1.82, 2.24) is 4.90 Å². The summed E-state index contributed by atoms with van der Waals surface area (Å²) in [4.78, 5) is 2.52. The summed E-state index contributed by atoms with van der Waals surface area (Å²) < 4.78 is 0. The van der Waals surface area contributed by atoms with Crippen LogP contribution >= 0.6 is 24.2 Å². The molecule has 26 heavy (non-hydrogen) atoms. The van der Waals surface area contributed by atoms with E-state index >= 15 is 0 Å². The van der Waals surface area contributed by atoms with Crippen LogP contribution in [-0.4, -0.2) is 30.3 Å². The summed E-state index contributed by atoms with van der Waals surface area (Å²) in [7, 11) is 0. The third-order valence-corrected chi connectivity index (χ3v) is 6.66. The Hall–Kier alpha value is -0.960. The second-order valence-electron chi connectivity index (χ2n) is 6.92. The Bertz CT molecular complexity index is 655. The lowest BCUT2D eigenvalue weighted by molar-refractivity contribution is 0.324. The molecule has 0 saturated carbocycles. The normalized spacial score (nSPS) is 14.6. The topological polar surface area (TPSA) is 3.24 Å². The molecule has 1 unspecified atom stereocenters. The van der Waals surface area contributed by atoms with Crippen LogP contribution in [0.4, 0.5) is 0 Å². The summed E-state index contributed by atoms with van der Waals surface area (Å²) in [6.45, 7) is 7.97. The van der Waals surface area contributed by atoms with Gasteiger partial charge in [-0.15, -0.1) is 24.2 Å². The fourth-order valence-electron chi connectivity index (χ4n) is 3.77. The minimum absolute atomic E-state index is 0. The number of aryl methyl sites for hydroxylation is 2. The molecule has 0 N–H and O–H groups in total. The van der Waals surface area contributed by atoms with Gasteiger partial charge in [0.1, 0.15) is 0 Å². The van der Waals surface area contributed by atoms with E-state index in [1.54, 1.807) is 11.1 Å². The minimum atomic E-state index is 0. The highest BCUT2D eigenvalue weighted by molar-refractivity contribution is 7.99. The largest absolute Gasteiger partial charge is 0.303 e. The molecule has 3 rings (SSSR count). The van der Waals surface area contributed by atoms with Gasteiger partial charge in [-0.05, 0) is 61.0 Å². The molecular formula is C23H32ClNS. The van der Waals surface area contributed by atoms with Gasteiger partial charge in [-0.2, -0.15) is 0 Å². The number of nitrogens with zero attached hydrogens (tertiary/aromatic N) is 1. The number of thioether (sulfide) groups is 1. The van der Waals surface area contributed by atoms with Crippen LogP contribution in [-0.2, 0) is 12.8 Å². The lowest BCUT2D eigenvalue weighted by Gasteiger charge is -2.23. The predicted octanol–water partition coefficient (Wildman–Crippen LogP) is 6.15. The van der Waals surface area contributed by atoms with E-state index in [9.17, 15) is 0 Å².